The van der Waals surface area contributed by atoms with Crippen molar-refractivity contribution < 1.29 is 21.7 Å². The zero-order valence-electron chi connectivity index (χ0n) is 24.4. The Balaban J connectivity index is -0.0000000297. The monoisotopic (exact) mass is 491 g/mol. The molecule has 202 valence electrons. The van der Waals surface area contributed by atoms with Crippen LogP contribution in [-0.2, 0) is 21.7 Å². The number of nitrogens with one attached hydrogen (secondary N) is 3. The van der Waals surface area contributed by atoms with E-state index in [0.717, 1.165) is 6.42 Å². The fourth-order valence-electron chi connectivity index (χ4n) is 1.78. The van der Waals surface area contributed by atoms with Crippen LogP contribution >= 0.6 is 0 Å². The van der Waals surface area contributed by atoms with Gasteiger partial charge in [-0.1, -0.05) is 41.5 Å². The summed E-state index contributed by atoms with van der Waals surface area (Å²) in [6, 6.07) is 0. The Morgan fingerprint density at radius 2 is 0.781 bits per heavy atom. The summed E-state index contributed by atoms with van der Waals surface area (Å²) in [6.45, 7) is 20.1. The Hall–Kier alpha value is 0.0743. The van der Waals surface area contributed by atoms with Crippen LogP contribution in [0.1, 0.15) is 86.5 Å². The molecule has 0 aromatic heterocycles. The summed E-state index contributed by atoms with van der Waals surface area (Å²) in [5.74, 6) is 0. The molecule has 0 fully saturated rings. The first-order chi connectivity index (χ1) is 12.7. The molecule has 0 spiro atoms. The largest absolute Gasteiger partial charge is 0.358 e. The molecule has 1 rings (SSSR count). The fourth-order valence-corrected chi connectivity index (χ4v) is 1.78. The van der Waals surface area contributed by atoms with E-state index in [1.165, 1.54) is 77.8 Å². The Labute approximate surface area is 224 Å². The molecule has 0 saturated heterocycles. The van der Waals surface area contributed by atoms with Gasteiger partial charge in [0.15, 0.2) is 0 Å². The topological polar surface area (TPSA) is 36.1 Å². The molecule has 0 heterocycles. The molecule has 0 saturated carbocycles. The minimum absolute atomic E-state index is 0. The van der Waals surface area contributed by atoms with E-state index >= 15 is 0 Å². The number of rotatable bonds is 12. The van der Waals surface area contributed by atoms with E-state index in [4.69, 9.17) is 0 Å². The zero-order valence-corrected chi connectivity index (χ0v) is 26.0. The van der Waals surface area contributed by atoms with Crippen molar-refractivity contribution in [3.05, 3.63) is 61.4 Å². The molecule has 0 aliphatic heterocycles. The minimum Gasteiger partial charge on any atom is -0.358 e. The predicted octanol–water partition coefficient (Wildman–Crippen LogP) is 7.74. The van der Waals surface area contributed by atoms with Crippen LogP contribution in [-0.4, -0.2) is 39.3 Å². The van der Waals surface area contributed by atoms with E-state index in [-0.39, 0.29) is 58.9 Å². The molecule has 1 aliphatic carbocycles. The molecular weight excluding hydrogens is 426 g/mol. The van der Waals surface area contributed by atoms with Gasteiger partial charge in [0.1, 0.15) is 0 Å². The van der Waals surface area contributed by atoms with Crippen molar-refractivity contribution in [1.82, 2.24) is 16.0 Å². The second-order valence-electron chi connectivity index (χ2n) is 6.25. The van der Waals surface area contributed by atoms with Gasteiger partial charge in [0.25, 0.3) is 0 Å². The van der Waals surface area contributed by atoms with Crippen LogP contribution in [0.15, 0.2) is 18.2 Å². The SMILES string of the molecule is CCCNCCC.CCCNCCC.CCCNCCC.[C-]1=CC=CC1.[CH3-].[CH3-].[CH3-].[CH3-].[CH3-].[Ti]. The van der Waals surface area contributed by atoms with E-state index < -0.39 is 0 Å². The summed E-state index contributed by atoms with van der Waals surface area (Å²) in [5, 5.41) is 9.85. The third-order valence-corrected chi connectivity index (χ3v) is 3.15. The van der Waals surface area contributed by atoms with Crippen molar-refractivity contribution in [1.29, 1.82) is 0 Å². The van der Waals surface area contributed by atoms with E-state index in [0.29, 0.717) is 0 Å². The third kappa shape index (κ3) is 87.2. The van der Waals surface area contributed by atoms with Crippen molar-refractivity contribution >= 4 is 0 Å². The zero-order chi connectivity index (χ0) is 20.1. The smallest absolute Gasteiger partial charge is 0 e. The van der Waals surface area contributed by atoms with Crippen LogP contribution in [0.25, 0.3) is 0 Å². The molecule has 1 aliphatic rings. The maximum atomic E-state index is 3.28. The Morgan fingerprint density at radius 3 is 0.875 bits per heavy atom. The molecule has 4 heteroatoms. The van der Waals surface area contributed by atoms with Crippen LogP contribution in [0.3, 0.4) is 0 Å². The first kappa shape index (κ1) is 58.2. The predicted molar refractivity (Wildman–Crippen MR) is 154 cm³/mol. The molecule has 0 radical (unpaired) electrons. The van der Waals surface area contributed by atoms with Crippen molar-refractivity contribution in [3.63, 3.8) is 0 Å². The molecule has 0 bridgehead atoms. The Morgan fingerprint density at radius 1 is 0.531 bits per heavy atom. The summed E-state index contributed by atoms with van der Waals surface area (Å²) in [7, 11) is 0. The molecule has 0 unspecified atom stereocenters. The second kappa shape index (κ2) is 69.7. The van der Waals surface area contributed by atoms with E-state index in [1.54, 1.807) is 0 Å². The molecule has 3 nitrogen and oxygen atoms in total. The molecular formula is C28H65N3Ti-6. The van der Waals surface area contributed by atoms with Gasteiger partial charge in [0.05, 0.1) is 0 Å². The van der Waals surface area contributed by atoms with Gasteiger partial charge in [-0.3, -0.25) is 6.08 Å². The molecule has 3 N–H and O–H groups in total. The van der Waals surface area contributed by atoms with Crippen LogP contribution < -0.4 is 16.0 Å². The van der Waals surface area contributed by atoms with Crippen LogP contribution in [0, 0.1) is 43.2 Å². The summed E-state index contributed by atoms with van der Waals surface area (Å²) in [5.41, 5.74) is 0. The van der Waals surface area contributed by atoms with E-state index in [9.17, 15) is 0 Å². The van der Waals surface area contributed by atoms with Crippen molar-refractivity contribution in [2.45, 2.75) is 86.5 Å². The first-order valence-corrected chi connectivity index (χ1v) is 11.1. The van der Waals surface area contributed by atoms with Crippen LogP contribution in [0.2, 0.25) is 0 Å². The maximum Gasteiger partial charge on any atom is 0 e. The minimum atomic E-state index is 0. The molecule has 32 heavy (non-hydrogen) atoms. The van der Waals surface area contributed by atoms with Crippen molar-refractivity contribution in [2.24, 2.45) is 0 Å². The van der Waals surface area contributed by atoms with Gasteiger partial charge in [-0.25, -0.2) is 12.2 Å². The summed E-state index contributed by atoms with van der Waals surface area (Å²) >= 11 is 0. The van der Waals surface area contributed by atoms with Crippen molar-refractivity contribution in [3.8, 4) is 0 Å². The molecule has 0 atom stereocenters. The van der Waals surface area contributed by atoms with Gasteiger partial charge in [0.2, 0.25) is 0 Å². The first-order valence-electron chi connectivity index (χ1n) is 11.1. The van der Waals surface area contributed by atoms with Crippen molar-refractivity contribution in [2.75, 3.05) is 39.3 Å². The summed E-state index contributed by atoms with van der Waals surface area (Å²) in [4.78, 5) is 0. The standard InChI is InChI=1S/3C6H15N.C5H5.5CH3.Ti/c3*1-3-5-7-6-4-2;1-2-4-5-3-1;;;;;;/h3*7H,3-6H2,1-2H3;1-3H,4H2;5*1H3;/q;;;6*-1;. The second-order valence-corrected chi connectivity index (χ2v) is 6.25. The summed E-state index contributed by atoms with van der Waals surface area (Å²) < 4.78 is 0. The Kier molecular flexibility index (Phi) is 127. The third-order valence-electron chi connectivity index (χ3n) is 3.15. The summed E-state index contributed by atoms with van der Waals surface area (Å²) in [6.07, 6.45) is 17.5. The number of hydrogen-bond donors (Lipinski definition) is 3. The van der Waals surface area contributed by atoms with Gasteiger partial charge in [-0.2, -0.15) is 6.08 Å². The van der Waals surface area contributed by atoms with Gasteiger partial charge >= 0.3 is 0 Å². The molecule has 0 aromatic rings. The average Bonchev–Trinajstić information content (AvgIpc) is 3.24. The van der Waals surface area contributed by atoms with Crippen LogP contribution in [0.5, 0.6) is 0 Å². The average molecular weight is 492 g/mol. The maximum absolute atomic E-state index is 3.28. The number of hydrogen-bond acceptors (Lipinski definition) is 3. The molecule has 0 aromatic carbocycles. The van der Waals surface area contributed by atoms with E-state index in [2.05, 4.69) is 69.6 Å². The number of allylic oxidation sites excluding steroid dienone is 4. The quantitative estimate of drug-likeness (QED) is 0.148. The Bertz CT molecular complexity index is 211. The van der Waals surface area contributed by atoms with Crippen LogP contribution in [0.4, 0.5) is 0 Å². The van der Waals surface area contributed by atoms with Gasteiger partial charge < -0.3 is 53.1 Å². The van der Waals surface area contributed by atoms with Gasteiger partial charge in [-0.05, 0) is 77.8 Å². The fraction of sp³-hybridized carbons (Fsp3) is 0.679. The normalized spacial score (nSPS) is 8.94. The van der Waals surface area contributed by atoms with Gasteiger partial charge in [0, 0.05) is 21.7 Å². The van der Waals surface area contributed by atoms with Gasteiger partial charge in [-0.15, -0.1) is 6.42 Å². The molecule has 0 amide bonds. The van der Waals surface area contributed by atoms with E-state index in [1.807, 2.05) is 12.2 Å².